The monoisotopic (exact) mass is 338 g/mol. The summed E-state index contributed by atoms with van der Waals surface area (Å²) in [5.41, 5.74) is -0.544. The van der Waals surface area contributed by atoms with E-state index < -0.39 is 17.4 Å². The van der Waals surface area contributed by atoms with Crippen molar-refractivity contribution in [1.82, 2.24) is 0 Å². The van der Waals surface area contributed by atoms with Crippen LogP contribution in [0.25, 0.3) is 0 Å². The zero-order valence-electron chi connectivity index (χ0n) is 14.5. The lowest BCUT2D eigenvalue weighted by molar-refractivity contribution is -0.145. The Morgan fingerprint density at radius 3 is 1.79 bits per heavy atom. The van der Waals surface area contributed by atoms with Crippen LogP contribution < -0.4 is 0 Å². The molecule has 0 bridgehead atoms. The minimum Gasteiger partial charge on any atom is -0.481 e. The predicted molar refractivity (Wildman–Crippen MR) is 89.7 cm³/mol. The number of carboxylic acid groups (broad SMARTS) is 2. The Morgan fingerprint density at radius 1 is 0.875 bits per heavy atom. The van der Waals surface area contributed by atoms with Gasteiger partial charge in [-0.05, 0) is 55.8 Å². The number of hydrogen-bond donors (Lipinski definition) is 2. The van der Waals surface area contributed by atoms with E-state index in [1.165, 1.54) is 12.8 Å². The molecular weight excluding hydrogens is 308 g/mol. The van der Waals surface area contributed by atoms with E-state index in [0.717, 1.165) is 44.9 Å². The first kappa shape index (κ1) is 18.9. The zero-order chi connectivity index (χ0) is 17.6. The lowest BCUT2D eigenvalue weighted by atomic mass is 9.66. The SMILES string of the molecule is O=C(O)CC1(CC(=O)O)CCC(CCCC2CCC(=O)CC2)CC1. The molecule has 2 aliphatic rings. The molecule has 0 atom stereocenters. The number of rotatable bonds is 8. The Morgan fingerprint density at radius 2 is 1.33 bits per heavy atom. The highest BCUT2D eigenvalue weighted by Crippen LogP contribution is 2.45. The van der Waals surface area contributed by atoms with Crippen LogP contribution in [0.15, 0.2) is 0 Å². The molecule has 0 aromatic rings. The molecule has 0 amide bonds. The molecule has 5 nitrogen and oxygen atoms in total. The summed E-state index contributed by atoms with van der Waals surface area (Å²) >= 11 is 0. The van der Waals surface area contributed by atoms with Crippen LogP contribution >= 0.6 is 0 Å². The van der Waals surface area contributed by atoms with Crippen molar-refractivity contribution in [2.45, 2.75) is 83.5 Å². The average molecular weight is 338 g/mol. The Balaban J connectivity index is 1.71. The fourth-order valence-electron chi connectivity index (χ4n) is 4.62. The molecule has 2 saturated carbocycles. The third-order valence-electron chi connectivity index (χ3n) is 6.11. The Bertz CT molecular complexity index is 434. The van der Waals surface area contributed by atoms with E-state index in [2.05, 4.69) is 0 Å². The number of Topliss-reactive ketones (excluding diaryl/α,β-unsaturated/α-hetero) is 1. The van der Waals surface area contributed by atoms with Gasteiger partial charge < -0.3 is 10.2 Å². The highest BCUT2D eigenvalue weighted by molar-refractivity contribution is 5.79. The first-order valence-corrected chi connectivity index (χ1v) is 9.34. The molecule has 0 unspecified atom stereocenters. The van der Waals surface area contributed by atoms with E-state index in [0.29, 0.717) is 30.5 Å². The first-order valence-electron chi connectivity index (χ1n) is 9.34. The van der Waals surface area contributed by atoms with Crippen molar-refractivity contribution in [3.63, 3.8) is 0 Å². The number of carboxylic acids is 2. The van der Waals surface area contributed by atoms with Crippen molar-refractivity contribution in [1.29, 1.82) is 0 Å². The summed E-state index contributed by atoms with van der Waals surface area (Å²) in [5, 5.41) is 18.2. The van der Waals surface area contributed by atoms with Gasteiger partial charge in [0.25, 0.3) is 0 Å². The lowest BCUT2D eigenvalue weighted by Gasteiger charge is -2.38. The van der Waals surface area contributed by atoms with Crippen molar-refractivity contribution in [3.05, 3.63) is 0 Å². The molecule has 0 aromatic heterocycles. The quantitative estimate of drug-likeness (QED) is 0.697. The third kappa shape index (κ3) is 5.91. The second-order valence-electron chi connectivity index (χ2n) is 8.00. The maximum Gasteiger partial charge on any atom is 0.303 e. The molecule has 2 aliphatic carbocycles. The lowest BCUT2D eigenvalue weighted by Crippen LogP contribution is -2.32. The van der Waals surface area contributed by atoms with Crippen LogP contribution in [0.4, 0.5) is 0 Å². The minimum atomic E-state index is -0.887. The molecule has 136 valence electrons. The van der Waals surface area contributed by atoms with E-state index in [4.69, 9.17) is 10.2 Å². The number of aliphatic carboxylic acids is 2. The molecule has 0 heterocycles. The van der Waals surface area contributed by atoms with Crippen LogP contribution in [-0.2, 0) is 14.4 Å². The molecular formula is C19H30O5. The largest absolute Gasteiger partial charge is 0.481 e. The summed E-state index contributed by atoms with van der Waals surface area (Å²) in [5.74, 6) is -0.0647. The zero-order valence-corrected chi connectivity index (χ0v) is 14.5. The van der Waals surface area contributed by atoms with E-state index in [-0.39, 0.29) is 12.8 Å². The Kier molecular flexibility index (Phi) is 6.81. The van der Waals surface area contributed by atoms with Crippen molar-refractivity contribution < 1.29 is 24.6 Å². The molecule has 0 saturated heterocycles. The van der Waals surface area contributed by atoms with Gasteiger partial charge in [-0.15, -0.1) is 0 Å². The van der Waals surface area contributed by atoms with E-state index in [1.807, 2.05) is 0 Å². The molecule has 0 spiro atoms. The number of ketones is 1. The molecule has 2 rings (SSSR count). The molecule has 5 heteroatoms. The maximum atomic E-state index is 11.3. The second-order valence-corrected chi connectivity index (χ2v) is 8.00. The summed E-state index contributed by atoms with van der Waals surface area (Å²) in [6, 6.07) is 0. The first-order chi connectivity index (χ1) is 11.4. The molecule has 24 heavy (non-hydrogen) atoms. The summed E-state index contributed by atoms with van der Waals surface area (Å²) in [7, 11) is 0. The van der Waals surface area contributed by atoms with Crippen molar-refractivity contribution in [3.8, 4) is 0 Å². The van der Waals surface area contributed by atoms with Crippen molar-refractivity contribution in [2.75, 3.05) is 0 Å². The predicted octanol–water partition coefficient (Wildman–Crippen LogP) is 4.04. The van der Waals surface area contributed by atoms with Gasteiger partial charge in [0.15, 0.2) is 0 Å². The topological polar surface area (TPSA) is 91.7 Å². The smallest absolute Gasteiger partial charge is 0.303 e. The summed E-state index contributed by atoms with van der Waals surface area (Å²) in [6.07, 6.45) is 10.4. The standard InChI is InChI=1S/C19H30O5/c20-16-6-4-14(5-7-16)2-1-3-15-8-10-19(11-9-15,12-17(21)22)13-18(23)24/h14-15H,1-13H2,(H,21,22)(H,23,24). The highest BCUT2D eigenvalue weighted by Gasteiger charge is 2.38. The van der Waals surface area contributed by atoms with Gasteiger partial charge in [0, 0.05) is 12.8 Å². The van der Waals surface area contributed by atoms with Crippen LogP contribution in [0.3, 0.4) is 0 Å². The van der Waals surface area contributed by atoms with Crippen LogP contribution in [0.2, 0.25) is 0 Å². The van der Waals surface area contributed by atoms with Gasteiger partial charge in [0.05, 0.1) is 12.8 Å². The van der Waals surface area contributed by atoms with Gasteiger partial charge in [-0.2, -0.15) is 0 Å². The van der Waals surface area contributed by atoms with Gasteiger partial charge >= 0.3 is 11.9 Å². The van der Waals surface area contributed by atoms with Crippen LogP contribution in [0.1, 0.15) is 83.5 Å². The second kappa shape index (κ2) is 8.63. The summed E-state index contributed by atoms with van der Waals surface area (Å²) in [6.45, 7) is 0. The van der Waals surface area contributed by atoms with Crippen LogP contribution in [0.5, 0.6) is 0 Å². The van der Waals surface area contributed by atoms with Crippen LogP contribution in [0, 0.1) is 17.3 Å². The van der Waals surface area contributed by atoms with Gasteiger partial charge in [-0.25, -0.2) is 0 Å². The highest BCUT2D eigenvalue weighted by atomic mass is 16.4. The third-order valence-corrected chi connectivity index (χ3v) is 6.11. The number of hydrogen-bond acceptors (Lipinski definition) is 3. The van der Waals surface area contributed by atoms with E-state index in [9.17, 15) is 14.4 Å². The summed E-state index contributed by atoms with van der Waals surface area (Å²) < 4.78 is 0. The van der Waals surface area contributed by atoms with E-state index >= 15 is 0 Å². The minimum absolute atomic E-state index is 0.0257. The van der Waals surface area contributed by atoms with Crippen molar-refractivity contribution in [2.24, 2.45) is 17.3 Å². The number of carbonyl (C=O) groups is 3. The summed E-state index contributed by atoms with van der Waals surface area (Å²) in [4.78, 5) is 33.4. The molecule has 0 aliphatic heterocycles. The average Bonchev–Trinajstić information content (AvgIpc) is 2.50. The van der Waals surface area contributed by atoms with Crippen molar-refractivity contribution >= 4 is 17.7 Å². The van der Waals surface area contributed by atoms with Gasteiger partial charge in [0.1, 0.15) is 5.78 Å². The van der Waals surface area contributed by atoms with Gasteiger partial charge in [-0.3, -0.25) is 14.4 Å². The Labute approximate surface area is 143 Å². The van der Waals surface area contributed by atoms with E-state index in [1.54, 1.807) is 0 Å². The van der Waals surface area contributed by atoms with Crippen LogP contribution in [-0.4, -0.2) is 27.9 Å². The number of carbonyl (C=O) groups excluding carboxylic acids is 1. The fraction of sp³-hybridized carbons (Fsp3) is 0.842. The van der Waals surface area contributed by atoms with Gasteiger partial charge in [-0.1, -0.05) is 19.3 Å². The molecule has 2 fully saturated rings. The molecule has 2 N–H and O–H groups in total. The normalized spacial score (nSPS) is 22.4. The van der Waals surface area contributed by atoms with Gasteiger partial charge in [0.2, 0.25) is 0 Å². The Hall–Kier alpha value is -1.39. The fourth-order valence-corrected chi connectivity index (χ4v) is 4.62. The maximum absolute atomic E-state index is 11.3. The molecule has 0 radical (unpaired) electrons. The molecule has 0 aromatic carbocycles.